The van der Waals surface area contributed by atoms with Crippen LogP contribution in [0.3, 0.4) is 0 Å². The molecule has 0 bridgehead atoms. The first kappa shape index (κ1) is 17.2. The van der Waals surface area contributed by atoms with Gasteiger partial charge < -0.3 is 5.32 Å². The van der Waals surface area contributed by atoms with Crippen molar-refractivity contribution in [3.8, 4) is 0 Å². The Balaban J connectivity index is 1.96. The lowest BCUT2D eigenvalue weighted by Crippen LogP contribution is -2.30. The molecule has 0 atom stereocenters. The van der Waals surface area contributed by atoms with E-state index >= 15 is 0 Å². The maximum Gasteiger partial charge on any atom is 0.270 e. The van der Waals surface area contributed by atoms with Crippen LogP contribution in [-0.2, 0) is 10.0 Å². The lowest BCUT2D eigenvalue weighted by atomic mass is 9.95. The normalized spacial score (nSPS) is 20.2. The summed E-state index contributed by atoms with van der Waals surface area (Å²) in [5.74, 6) is 0. The summed E-state index contributed by atoms with van der Waals surface area (Å²) in [5, 5.41) is 14.4. The second-order valence-corrected chi connectivity index (χ2v) is 8.43. The molecule has 24 heavy (non-hydrogen) atoms. The van der Waals surface area contributed by atoms with E-state index in [1.165, 1.54) is 28.9 Å². The van der Waals surface area contributed by atoms with Crippen molar-refractivity contribution in [1.29, 1.82) is 0 Å². The van der Waals surface area contributed by atoms with Crippen LogP contribution in [0.5, 0.6) is 0 Å². The van der Waals surface area contributed by atoms with E-state index in [1.54, 1.807) is 0 Å². The van der Waals surface area contributed by atoms with E-state index in [4.69, 9.17) is 0 Å². The van der Waals surface area contributed by atoms with Crippen LogP contribution in [0.2, 0.25) is 0 Å². The molecule has 2 fully saturated rings. The molecule has 2 aliphatic rings. The number of nitro benzene ring substituents is 1. The molecule has 0 spiro atoms. The number of nitro groups is 1. The Labute approximate surface area is 142 Å². The highest BCUT2D eigenvalue weighted by molar-refractivity contribution is 7.89. The van der Waals surface area contributed by atoms with Crippen molar-refractivity contribution in [2.45, 2.75) is 55.9 Å². The fraction of sp³-hybridized carbons (Fsp3) is 0.625. The highest BCUT2D eigenvalue weighted by Gasteiger charge is 2.31. The third kappa shape index (κ3) is 3.54. The molecule has 1 aliphatic carbocycles. The number of hydrogen-bond acceptors (Lipinski definition) is 5. The van der Waals surface area contributed by atoms with E-state index in [2.05, 4.69) is 5.32 Å². The molecule has 0 unspecified atom stereocenters. The third-order valence-corrected chi connectivity index (χ3v) is 6.76. The van der Waals surface area contributed by atoms with Gasteiger partial charge in [-0.15, -0.1) is 0 Å². The zero-order valence-electron chi connectivity index (χ0n) is 13.6. The fourth-order valence-corrected chi connectivity index (χ4v) is 5.18. The van der Waals surface area contributed by atoms with Gasteiger partial charge in [-0.05, 0) is 31.7 Å². The zero-order chi connectivity index (χ0) is 17.2. The van der Waals surface area contributed by atoms with E-state index in [9.17, 15) is 18.5 Å². The second kappa shape index (κ2) is 7.06. The van der Waals surface area contributed by atoms with Crippen LogP contribution in [0.1, 0.15) is 44.9 Å². The van der Waals surface area contributed by atoms with Gasteiger partial charge in [-0.25, -0.2) is 8.42 Å². The van der Waals surface area contributed by atoms with Gasteiger partial charge in [0.05, 0.1) is 10.6 Å². The Morgan fingerprint density at radius 2 is 1.75 bits per heavy atom. The van der Waals surface area contributed by atoms with E-state index in [1.807, 2.05) is 0 Å². The van der Waals surface area contributed by atoms with Crippen LogP contribution >= 0.6 is 0 Å². The molecule has 1 aromatic rings. The Hall–Kier alpha value is -1.67. The Kier molecular flexibility index (Phi) is 5.05. The first-order chi connectivity index (χ1) is 11.5. The monoisotopic (exact) mass is 353 g/mol. The summed E-state index contributed by atoms with van der Waals surface area (Å²) in [7, 11) is -3.71. The fourth-order valence-electron chi connectivity index (χ4n) is 3.49. The van der Waals surface area contributed by atoms with Crippen molar-refractivity contribution in [2.75, 3.05) is 18.4 Å². The summed E-state index contributed by atoms with van der Waals surface area (Å²) in [6, 6.07) is 4.33. The molecule has 1 saturated carbocycles. The van der Waals surface area contributed by atoms with Crippen molar-refractivity contribution in [1.82, 2.24) is 4.31 Å². The standard InChI is InChI=1S/C16H23N3O4S/c20-19(21)14-8-9-15(17-13-6-2-1-3-7-13)16(12-14)24(22,23)18-10-4-5-11-18/h8-9,12-13,17H,1-7,10-11H2. The van der Waals surface area contributed by atoms with Gasteiger partial charge in [0, 0.05) is 31.3 Å². The first-order valence-electron chi connectivity index (χ1n) is 8.53. The molecule has 8 heteroatoms. The topological polar surface area (TPSA) is 92.5 Å². The predicted octanol–water partition coefficient (Wildman–Crippen LogP) is 3.12. The summed E-state index contributed by atoms with van der Waals surface area (Å²) in [6.07, 6.45) is 7.12. The minimum Gasteiger partial charge on any atom is -0.381 e. The third-order valence-electron chi connectivity index (χ3n) is 4.82. The Morgan fingerprint density at radius 1 is 1.08 bits per heavy atom. The van der Waals surface area contributed by atoms with Crippen molar-refractivity contribution in [2.24, 2.45) is 0 Å². The van der Waals surface area contributed by atoms with Gasteiger partial charge in [0.15, 0.2) is 0 Å². The van der Waals surface area contributed by atoms with Crippen molar-refractivity contribution < 1.29 is 13.3 Å². The minimum absolute atomic E-state index is 0.0316. The van der Waals surface area contributed by atoms with E-state index in [-0.39, 0.29) is 16.6 Å². The SMILES string of the molecule is O=[N+]([O-])c1ccc(NC2CCCCC2)c(S(=O)(=O)N2CCCC2)c1. The average molecular weight is 353 g/mol. The van der Waals surface area contributed by atoms with Crippen molar-refractivity contribution in [3.63, 3.8) is 0 Å². The molecule has 1 aliphatic heterocycles. The predicted molar refractivity (Wildman–Crippen MR) is 91.6 cm³/mol. The number of hydrogen-bond donors (Lipinski definition) is 1. The molecule has 0 amide bonds. The molecule has 7 nitrogen and oxygen atoms in total. The number of anilines is 1. The lowest BCUT2D eigenvalue weighted by Gasteiger charge is -2.26. The van der Waals surface area contributed by atoms with Gasteiger partial charge in [0.25, 0.3) is 5.69 Å². The molecule has 1 heterocycles. The molecule has 1 N–H and O–H groups in total. The van der Waals surface area contributed by atoms with Crippen molar-refractivity contribution >= 4 is 21.4 Å². The molecule has 132 valence electrons. The van der Waals surface area contributed by atoms with E-state index in [0.29, 0.717) is 18.8 Å². The smallest absolute Gasteiger partial charge is 0.270 e. The van der Waals surface area contributed by atoms with Gasteiger partial charge in [0.2, 0.25) is 10.0 Å². The highest BCUT2D eigenvalue weighted by atomic mass is 32.2. The maximum atomic E-state index is 12.9. The molecule has 1 aromatic carbocycles. The summed E-state index contributed by atoms with van der Waals surface area (Å²) >= 11 is 0. The van der Waals surface area contributed by atoms with Crippen LogP contribution in [0, 0.1) is 10.1 Å². The largest absolute Gasteiger partial charge is 0.381 e. The average Bonchev–Trinajstić information content (AvgIpc) is 3.11. The van der Waals surface area contributed by atoms with E-state index in [0.717, 1.165) is 38.5 Å². The first-order valence-corrected chi connectivity index (χ1v) is 9.97. The van der Waals surface area contributed by atoms with Crippen LogP contribution < -0.4 is 5.32 Å². The van der Waals surface area contributed by atoms with Gasteiger partial charge in [0.1, 0.15) is 4.90 Å². The zero-order valence-corrected chi connectivity index (χ0v) is 14.4. The van der Waals surface area contributed by atoms with Gasteiger partial charge >= 0.3 is 0 Å². The minimum atomic E-state index is -3.71. The number of nitrogens with one attached hydrogen (secondary N) is 1. The van der Waals surface area contributed by atoms with Crippen LogP contribution in [0.25, 0.3) is 0 Å². The quantitative estimate of drug-likeness (QED) is 0.648. The summed E-state index contributed by atoms with van der Waals surface area (Å²) in [6.45, 7) is 0.960. The second-order valence-electron chi connectivity index (χ2n) is 6.53. The molecule has 0 radical (unpaired) electrons. The molecule has 3 rings (SSSR count). The maximum absolute atomic E-state index is 12.9. The number of non-ortho nitro benzene ring substituents is 1. The van der Waals surface area contributed by atoms with Gasteiger partial charge in [-0.1, -0.05) is 19.3 Å². The van der Waals surface area contributed by atoms with Crippen molar-refractivity contribution in [3.05, 3.63) is 28.3 Å². The molecular formula is C16H23N3O4S. The molecular weight excluding hydrogens is 330 g/mol. The number of benzene rings is 1. The highest BCUT2D eigenvalue weighted by Crippen LogP contribution is 2.32. The molecule has 0 aromatic heterocycles. The van der Waals surface area contributed by atoms with Gasteiger partial charge in [-0.2, -0.15) is 4.31 Å². The lowest BCUT2D eigenvalue weighted by molar-refractivity contribution is -0.385. The number of rotatable bonds is 5. The van der Waals surface area contributed by atoms with Crippen LogP contribution in [-0.4, -0.2) is 36.8 Å². The van der Waals surface area contributed by atoms with Gasteiger partial charge in [-0.3, -0.25) is 10.1 Å². The van der Waals surface area contributed by atoms with E-state index < -0.39 is 14.9 Å². The Morgan fingerprint density at radius 3 is 2.38 bits per heavy atom. The van der Waals surface area contributed by atoms with Crippen LogP contribution in [0.15, 0.2) is 23.1 Å². The Bertz CT molecular complexity index is 708. The molecule has 1 saturated heterocycles. The summed E-state index contributed by atoms with van der Waals surface area (Å²) in [4.78, 5) is 10.6. The number of nitrogens with zero attached hydrogens (tertiary/aromatic N) is 2. The number of sulfonamides is 1. The summed E-state index contributed by atoms with van der Waals surface area (Å²) in [5.41, 5.74) is 0.293. The van der Waals surface area contributed by atoms with Crippen LogP contribution in [0.4, 0.5) is 11.4 Å². The summed E-state index contributed by atoms with van der Waals surface area (Å²) < 4.78 is 27.3.